The first-order valence-electron chi connectivity index (χ1n) is 18.2. The Bertz CT molecular complexity index is 1930. The molecule has 1 fully saturated rings. The van der Waals surface area contributed by atoms with Gasteiger partial charge in [-0.2, -0.15) is 13.2 Å². The summed E-state index contributed by atoms with van der Waals surface area (Å²) in [4.78, 5) is 55.1. The van der Waals surface area contributed by atoms with Crippen molar-refractivity contribution in [1.29, 1.82) is 0 Å². The maximum atomic E-state index is 15.8. The number of benzene rings is 2. The third kappa shape index (κ3) is 11.0. The number of carbonyl (C=O) groups is 3. The summed E-state index contributed by atoms with van der Waals surface area (Å²) in [6.07, 6.45) is -5.62. The van der Waals surface area contributed by atoms with Gasteiger partial charge in [0.2, 0.25) is 5.91 Å². The lowest BCUT2D eigenvalue weighted by atomic mass is 9.90. The molecule has 2 amide bonds. The van der Waals surface area contributed by atoms with E-state index in [2.05, 4.69) is 10.6 Å². The van der Waals surface area contributed by atoms with Gasteiger partial charge in [-0.15, -0.1) is 0 Å². The monoisotopic (exact) mass is 776 g/mol. The highest BCUT2D eigenvalue weighted by Crippen LogP contribution is 2.34. The summed E-state index contributed by atoms with van der Waals surface area (Å²) in [6, 6.07) is 4.15. The fourth-order valence-corrected chi connectivity index (χ4v) is 7.33. The van der Waals surface area contributed by atoms with Crippen molar-refractivity contribution < 1.29 is 46.2 Å². The van der Waals surface area contributed by atoms with Crippen LogP contribution in [0.2, 0.25) is 0 Å². The van der Waals surface area contributed by atoms with Crippen LogP contribution in [0.1, 0.15) is 91.3 Å². The van der Waals surface area contributed by atoms with E-state index in [1.807, 2.05) is 18.7 Å². The average Bonchev–Trinajstić information content (AvgIpc) is 3.04. The summed E-state index contributed by atoms with van der Waals surface area (Å²) in [5, 5.41) is 14.8. The molecule has 2 heterocycles. The van der Waals surface area contributed by atoms with Gasteiger partial charge in [0.25, 0.3) is 11.5 Å². The van der Waals surface area contributed by atoms with Crippen LogP contribution in [-0.4, -0.2) is 70.2 Å². The molecule has 1 aliphatic rings. The molecule has 1 unspecified atom stereocenters. The molecule has 2 aromatic carbocycles. The molecule has 0 spiro atoms. The summed E-state index contributed by atoms with van der Waals surface area (Å²) in [5.41, 5.74) is -0.884. The molecule has 1 aromatic heterocycles. The molecule has 10 nitrogen and oxygen atoms in total. The standard InChI is InChI=1S/C40H49F5N4O6/c1-21(2)13-32(38(53)46-31(18-34(50)51)30-17-27(14-24(5)36(30)42)35-22(3)15-28(41)16-23(35)4)47-37(52)29-9-10-33(40(43,44)45)49(39(29)54)12-8-11-48-19-25(6)55-26(7)20-48/h9-10,14-17,21,25-26,31-32H,8,11-13,18-20H2,1-7H3,(H,46,53)(H,47,52)(H,50,51)/t25-,26?,31-,32-/m0/s1. The molecule has 300 valence electrons. The average molecular weight is 777 g/mol. The number of hydrogen-bond acceptors (Lipinski definition) is 6. The largest absolute Gasteiger partial charge is 0.481 e. The highest BCUT2D eigenvalue weighted by atomic mass is 19.4. The van der Waals surface area contributed by atoms with Crippen LogP contribution in [0, 0.1) is 38.3 Å². The molecule has 1 saturated heterocycles. The van der Waals surface area contributed by atoms with Gasteiger partial charge in [-0.05, 0) is 118 Å². The Morgan fingerprint density at radius 3 is 2.11 bits per heavy atom. The van der Waals surface area contributed by atoms with Crippen molar-refractivity contribution in [3.8, 4) is 11.1 Å². The number of morpholine rings is 1. The number of alkyl halides is 3. The lowest BCUT2D eigenvalue weighted by Crippen LogP contribution is -2.50. The number of rotatable bonds is 14. The number of nitrogens with one attached hydrogen (secondary N) is 2. The van der Waals surface area contributed by atoms with Crippen LogP contribution in [0.15, 0.2) is 41.2 Å². The summed E-state index contributed by atoms with van der Waals surface area (Å²) in [5.74, 6) is -4.85. The number of amides is 2. The van der Waals surface area contributed by atoms with E-state index < -0.39 is 70.9 Å². The van der Waals surface area contributed by atoms with Gasteiger partial charge in [-0.1, -0.05) is 13.8 Å². The lowest BCUT2D eigenvalue weighted by molar-refractivity contribution is -0.144. The number of carboxylic acid groups (broad SMARTS) is 1. The van der Waals surface area contributed by atoms with Crippen LogP contribution >= 0.6 is 0 Å². The van der Waals surface area contributed by atoms with E-state index in [0.717, 1.165) is 6.07 Å². The highest BCUT2D eigenvalue weighted by molar-refractivity contribution is 5.97. The molecule has 1 aliphatic heterocycles. The second-order valence-corrected chi connectivity index (χ2v) is 14.9. The number of aryl methyl sites for hydroxylation is 3. The van der Waals surface area contributed by atoms with Crippen molar-refractivity contribution in [3.05, 3.63) is 91.9 Å². The van der Waals surface area contributed by atoms with Gasteiger partial charge in [0.05, 0.1) is 24.7 Å². The third-order valence-corrected chi connectivity index (χ3v) is 9.53. The molecule has 4 atom stereocenters. The zero-order valence-electron chi connectivity index (χ0n) is 32.1. The highest BCUT2D eigenvalue weighted by Gasteiger charge is 2.36. The SMILES string of the molecule is Cc1cc(-c2c(C)cc(F)cc2C)cc([C@H](CC(=O)O)NC(=O)[C@H](CC(C)C)NC(=O)c2ccc(C(F)(F)F)n(CCCN3CC(C)O[C@@H](C)C3)c2=O)c1F. The molecule has 3 N–H and O–H groups in total. The maximum absolute atomic E-state index is 15.8. The van der Waals surface area contributed by atoms with Crippen molar-refractivity contribution in [1.82, 2.24) is 20.1 Å². The zero-order chi connectivity index (χ0) is 40.9. The Kier molecular flexibility index (Phi) is 14.0. The van der Waals surface area contributed by atoms with E-state index in [4.69, 9.17) is 4.74 Å². The Balaban J connectivity index is 1.63. The van der Waals surface area contributed by atoms with Crippen LogP contribution in [0.3, 0.4) is 0 Å². The van der Waals surface area contributed by atoms with Gasteiger partial charge in [-0.3, -0.25) is 24.1 Å². The molecule has 0 radical (unpaired) electrons. The number of nitrogens with zero attached hydrogens (tertiary/aromatic N) is 2. The van der Waals surface area contributed by atoms with Gasteiger partial charge in [-0.25, -0.2) is 8.78 Å². The molecular weight excluding hydrogens is 727 g/mol. The summed E-state index contributed by atoms with van der Waals surface area (Å²) in [7, 11) is 0. The molecule has 0 saturated carbocycles. The minimum atomic E-state index is -4.89. The molecular formula is C40H49F5N4O6. The molecule has 15 heteroatoms. The molecule has 0 bridgehead atoms. The summed E-state index contributed by atoms with van der Waals surface area (Å²) in [6.45, 7) is 13.3. The van der Waals surface area contributed by atoms with Gasteiger partial charge in [0, 0.05) is 31.7 Å². The van der Waals surface area contributed by atoms with Crippen LogP contribution in [0.25, 0.3) is 11.1 Å². The van der Waals surface area contributed by atoms with E-state index >= 15 is 4.39 Å². The number of halogens is 5. The lowest BCUT2D eigenvalue weighted by Gasteiger charge is -2.35. The van der Waals surface area contributed by atoms with E-state index in [1.54, 1.807) is 27.7 Å². The first-order valence-corrected chi connectivity index (χ1v) is 18.2. The Labute approximate surface area is 317 Å². The van der Waals surface area contributed by atoms with Crippen molar-refractivity contribution in [2.24, 2.45) is 5.92 Å². The molecule has 3 aromatic rings. The number of carbonyl (C=O) groups excluding carboxylic acids is 2. The van der Waals surface area contributed by atoms with Gasteiger partial charge in [0.15, 0.2) is 0 Å². The second-order valence-electron chi connectivity index (χ2n) is 14.9. The predicted octanol–water partition coefficient (Wildman–Crippen LogP) is 6.71. The van der Waals surface area contributed by atoms with Gasteiger partial charge >= 0.3 is 12.1 Å². The van der Waals surface area contributed by atoms with Crippen LogP contribution in [-0.2, 0) is 27.0 Å². The first-order chi connectivity index (χ1) is 25.7. The Morgan fingerprint density at radius 2 is 1.55 bits per heavy atom. The van der Waals surface area contributed by atoms with Crippen molar-refractivity contribution >= 4 is 17.8 Å². The molecule has 55 heavy (non-hydrogen) atoms. The van der Waals surface area contributed by atoms with E-state index in [-0.39, 0.29) is 48.6 Å². The topological polar surface area (TPSA) is 130 Å². The fourth-order valence-electron chi connectivity index (χ4n) is 7.33. The number of pyridine rings is 1. The van der Waals surface area contributed by atoms with E-state index in [1.165, 1.54) is 31.2 Å². The maximum Gasteiger partial charge on any atom is 0.431 e. The minimum Gasteiger partial charge on any atom is -0.481 e. The fraction of sp³-hybridized carbons (Fsp3) is 0.500. The quantitative estimate of drug-likeness (QED) is 0.155. The number of aromatic nitrogens is 1. The minimum absolute atomic E-state index is 0.0158. The third-order valence-electron chi connectivity index (χ3n) is 9.53. The smallest absolute Gasteiger partial charge is 0.431 e. The summed E-state index contributed by atoms with van der Waals surface area (Å²) >= 11 is 0. The van der Waals surface area contributed by atoms with E-state index in [0.29, 0.717) is 52.5 Å². The normalized spacial score (nSPS) is 17.5. The van der Waals surface area contributed by atoms with Gasteiger partial charge in [0.1, 0.15) is 28.9 Å². The van der Waals surface area contributed by atoms with Crippen LogP contribution in [0.4, 0.5) is 22.0 Å². The van der Waals surface area contributed by atoms with Gasteiger partial charge < -0.3 is 25.0 Å². The van der Waals surface area contributed by atoms with Crippen molar-refractivity contribution in [2.45, 2.75) is 105 Å². The number of hydrogen-bond donors (Lipinski definition) is 3. The second kappa shape index (κ2) is 17.9. The molecule has 4 rings (SSSR count). The Morgan fingerprint density at radius 1 is 0.927 bits per heavy atom. The summed E-state index contributed by atoms with van der Waals surface area (Å²) < 4.78 is 78.3. The van der Waals surface area contributed by atoms with Crippen LogP contribution < -0.4 is 16.2 Å². The number of carboxylic acids is 1. The van der Waals surface area contributed by atoms with Crippen molar-refractivity contribution in [2.75, 3.05) is 19.6 Å². The number of ether oxygens (including phenoxy) is 1. The van der Waals surface area contributed by atoms with Crippen molar-refractivity contribution in [3.63, 3.8) is 0 Å². The van der Waals surface area contributed by atoms with E-state index in [9.17, 15) is 41.8 Å². The Hall–Kier alpha value is -4.63. The first kappa shape index (κ1) is 43.1. The number of aliphatic carboxylic acids is 1. The zero-order valence-corrected chi connectivity index (χ0v) is 32.1. The van der Waals surface area contributed by atoms with Crippen LogP contribution in [0.5, 0.6) is 0 Å². The predicted molar refractivity (Wildman–Crippen MR) is 197 cm³/mol. The molecule has 0 aliphatic carbocycles.